The molecule has 440 valence electrons. The highest BCUT2D eigenvalue weighted by Gasteiger charge is 2.46. The molecule has 0 fully saturated rings. The van der Waals surface area contributed by atoms with Crippen molar-refractivity contribution in [3.8, 4) is 11.5 Å². The summed E-state index contributed by atoms with van der Waals surface area (Å²) in [5.74, 6) is -20.3. The highest BCUT2D eigenvalue weighted by Crippen LogP contribution is 2.44. The van der Waals surface area contributed by atoms with E-state index in [1.165, 1.54) is 13.8 Å². The summed E-state index contributed by atoms with van der Waals surface area (Å²) >= 11 is 0. The molecular weight excluding hydrogens is 1090 g/mol. The second-order valence-electron chi connectivity index (χ2n) is 18.9. The summed E-state index contributed by atoms with van der Waals surface area (Å²) in [6, 6.07) is -5.18. The number of hydrogen-bond acceptors (Lipinski definition) is 18. The summed E-state index contributed by atoms with van der Waals surface area (Å²) in [5.41, 5.74) is 5.91. The number of nitrogens with one attached hydrogen (secondary N) is 8. The van der Waals surface area contributed by atoms with Crippen LogP contribution < -0.4 is 63.5 Å². The lowest BCUT2D eigenvalue weighted by Gasteiger charge is -2.27. The number of rotatable bonds is 30. The summed E-state index contributed by atoms with van der Waals surface area (Å²) in [6.45, 7) is 7.86. The van der Waals surface area contributed by atoms with Crippen LogP contribution in [0.3, 0.4) is 0 Å². The number of primary amides is 2. The van der Waals surface area contributed by atoms with Crippen molar-refractivity contribution in [3.05, 3.63) is 46.5 Å². The predicted octanol–water partition coefficient (Wildman–Crippen LogP) is 0.129. The third-order valence-electron chi connectivity index (χ3n) is 11.4. The number of hydrogen-bond donors (Lipinski definition) is 12. The average Bonchev–Trinajstić information content (AvgIpc) is 3.33. The number of amides is 6. The normalized spacial score (nSPS) is 14.4. The molecule has 0 spiro atoms. The van der Waals surface area contributed by atoms with E-state index in [1.807, 2.05) is 0 Å². The molecule has 1 aliphatic carbocycles. The molecule has 32 heteroatoms. The number of fused-ring (bicyclic) bond motifs is 2. The number of benzene rings is 2. The predicted molar refractivity (Wildman–Crippen MR) is 265 cm³/mol. The van der Waals surface area contributed by atoms with E-state index in [1.54, 1.807) is 27.7 Å². The average molecular weight is 1150 g/mol. The molecule has 14 N–H and O–H groups in total. The van der Waals surface area contributed by atoms with Crippen molar-refractivity contribution in [1.29, 1.82) is 0 Å². The number of carboxylic acids is 2. The van der Waals surface area contributed by atoms with Crippen LogP contribution in [-0.4, -0.2) is 156 Å². The largest absolute Gasteiger partial charge is 0.491 e. The van der Waals surface area contributed by atoms with E-state index in [9.17, 15) is 94.1 Å². The highest BCUT2D eigenvalue weighted by atomic mass is 19.4. The van der Waals surface area contributed by atoms with E-state index in [2.05, 4.69) is 52.0 Å². The molecule has 0 radical (unpaired) electrons. The molecule has 0 heterocycles. The summed E-state index contributed by atoms with van der Waals surface area (Å²) in [7, 11) is 0. The minimum Gasteiger partial charge on any atom is -0.481 e. The van der Waals surface area contributed by atoms with Crippen molar-refractivity contribution in [2.45, 2.75) is 116 Å². The summed E-state index contributed by atoms with van der Waals surface area (Å²) < 4.78 is 89.8. The smallest absolute Gasteiger partial charge is 0.481 e. The molecule has 0 unspecified atom stereocenters. The molecule has 0 aromatic heterocycles. The Bertz CT molecular complexity index is 2560. The topological polar surface area (TPSA) is 412 Å². The third-order valence-corrected chi connectivity index (χ3v) is 11.4. The van der Waals surface area contributed by atoms with Crippen LogP contribution in [0.4, 0.5) is 37.7 Å². The number of carboxylic acid groups (broad SMARTS) is 2. The maximum Gasteiger partial charge on any atom is 0.491 e. The molecule has 2 aromatic carbocycles. The van der Waals surface area contributed by atoms with Crippen molar-refractivity contribution in [2.75, 3.05) is 36.8 Å². The van der Waals surface area contributed by atoms with E-state index in [0.717, 1.165) is 12.1 Å². The van der Waals surface area contributed by atoms with Crippen LogP contribution in [0.1, 0.15) is 99.1 Å². The van der Waals surface area contributed by atoms with Gasteiger partial charge in [0.25, 0.3) is 0 Å². The second-order valence-corrected chi connectivity index (χ2v) is 18.9. The van der Waals surface area contributed by atoms with Gasteiger partial charge in [0.1, 0.15) is 35.7 Å². The Morgan fingerprint density at radius 2 is 0.812 bits per heavy atom. The van der Waals surface area contributed by atoms with Gasteiger partial charge in [0.15, 0.2) is 0 Å². The highest BCUT2D eigenvalue weighted by molar-refractivity contribution is 6.33. The molecule has 6 amide bonds. The zero-order chi connectivity index (χ0) is 60.7. The Balaban J connectivity index is 2.04. The minimum atomic E-state index is -5.75. The number of aliphatic carboxylic acids is 2. The first-order valence-corrected chi connectivity index (χ1v) is 24.2. The maximum absolute atomic E-state index is 14.6. The van der Waals surface area contributed by atoms with Crippen LogP contribution >= 0.6 is 0 Å². The monoisotopic (exact) mass is 1150 g/mol. The standard InChI is InChI=1S/C48H60F6N10O16/c1-19(2)15-25(39(55)71)63-41(73)21(5)61-43(75)27(17-31(65)66)59-13-11-57-23-7-8-24(58-12-14-60-28(18-32(67)68)44(76)62-22(6)42(74)64-26(40(56)72)16-20(3)4)34-33(23)37(69)35-29(79-45(77)47(49,50)51)9-10-30(36(35)38(34)70)80-46(78)48(52,53)54/h7-10,19-22,25-28,57-60H,11-18H2,1-6H3,(H2,55,71)(H2,56,72)(H,61,75)(H,62,76)(H,63,73)(H,64,74)(H,65,66)(H,67,68)/t21-,22-,25-,26-,27-,28-/m0/s1. The van der Waals surface area contributed by atoms with E-state index in [4.69, 9.17) is 11.5 Å². The van der Waals surface area contributed by atoms with Gasteiger partial charge in [-0.2, -0.15) is 26.3 Å². The number of nitrogens with two attached hydrogens (primary N) is 2. The SMILES string of the molecule is CC(C)C[C@H](NC(=O)[C@H](C)NC(=O)[C@H](CC(=O)O)NCCNc1ccc(NCCN[C@@H](CC(=O)O)C(=O)N[C@@H](C)C(=O)N[C@@H](CC(C)C)C(N)=O)c2c1C(=O)c1c(OC(=O)C(F)(F)F)ccc(OC(=O)C(F)(F)F)c1C2=O)C(N)=O. The summed E-state index contributed by atoms with van der Waals surface area (Å²) in [4.78, 5) is 153. The fourth-order valence-electron chi connectivity index (χ4n) is 7.66. The number of carbonyl (C=O) groups excluding carboxylic acids is 10. The van der Waals surface area contributed by atoms with Crippen molar-refractivity contribution in [2.24, 2.45) is 23.3 Å². The van der Waals surface area contributed by atoms with Crippen LogP contribution in [-0.2, 0) is 47.9 Å². The molecule has 1 aliphatic rings. The molecule has 0 aliphatic heterocycles. The Morgan fingerprint density at radius 1 is 0.487 bits per heavy atom. The Morgan fingerprint density at radius 3 is 1.09 bits per heavy atom. The van der Waals surface area contributed by atoms with E-state index in [0.29, 0.717) is 12.1 Å². The quantitative estimate of drug-likeness (QED) is 0.0183. The van der Waals surface area contributed by atoms with Crippen molar-refractivity contribution >= 4 is 82.3 Å². The van der Waals surface area contributed by atoms with Gasteiger partial charge in [-0.05, 0) is 62.8 Å². The van der Waals surface area contributed by atoms with Gasteiger partial charge < -0.3 is 73.7 Å². The lowest BCUT2D eigenvalue weighted by Crippen LogP contribution is -2.55. The number of halogens is 6. The number of esters is 2. The third kappa shape index (κ3) is 18.9. The number of alkyl halides is 6. The summed E-state index contributed by atoms with van der Waals surface area (Å²) in [5, 5.41) is 39.2. The van der Waals surface area contributed by atoms with Crippen LogP contribution in [0.25, 0.3) is 0 Å². The molecule has 0 saturated heterocycles. The lowest BCUT2D eigenvalue weighted by molar-refractivity contribution is -0.190. The van der Waals surface area contributed by atoms with Crippen LogP contribution in [0, 0.1) is 11.8 Å². The van der Waals surface area contributed by atoms with Crippen molar-refractivity contribution in [3.63, 3.8) is 0 Å². The first-order chi connectivity index (χ1) is 37.0. The van der Waals surface area contributed by atoms with Gasteiger partial charge >= 0.3 is 36.2 Å². The molecule has 26 nitrogen and oxygen atoms in total. The lowest BCUT2D eigenvalue weighted by atomic mass is 9.81. The van der Waals surface area contributed by atoms with Crippen molar-refractivity contribution < 1.29 is 104 Å². The number of anilines is 2. The first-order valence-electron chi connectivity index (χ1n) is 24.2. The van der Waals surface area contributed by atoms with Gasteiger partial charge in [-0.3, -0.25) is 47.9 Å². The molecule has 3 rings (SSSR count). The fourth-order valence-corrected chi connectivity index (χ4v) is 7.66. The van der Waals surface area contributed by atoms with Gasteiger partial charge in [0, 0.05) is 37.6 Å². The first kappa shape index (κ1) is 65.9. The summed E-state index contributed by atoms with van der Waals surface area (Å²) in [6.07, 6.45) is -13.0. The van der Waals surface area contributed by atoms with Gasteiger partial charge in [0.2, 0.25) is 47.0 Å². The number of ketones is 2. The minimum absolute atomic E-state index is 0.0832. The molecule has 2 aromatic rings. The van der Waals surface area contributed by atoms with E-state index >= 15 is 0 Å². The van der Waals surface area contributed by atoms with Crippen LogP contribution in [0.15, 0.2) is 24.3 Å². The fraction of sp³-hybridized carbons (Fsp3) is 0.500. The maximum atomic E-state index is 14.6. The Kier molecular flexibility index (Phi) is 23.4. The van der Waals surface area contributed by atoms with Gasteiger partial charge in [-0.15, -0.1) is 0 Å². The molecule has 6 atom stereocenters. The molecular formula is C48H60F6N10O16. The zero-order valence-electron chi connectivity index (χ0n) is 43.6. The van der Waals surface area contributed by atoms with Crippen molar-refractivity contribution in [1.82, 2.24) is 31.9 Å². The van der Waals surface area contributed by atoms with Crippen LogP contribution in [0.5, 0.6) is 11.5 Å². The van der Waals surface area contributed by atoms with E-state index < -0.39 is 192 Å². The molecule has 0 bridgehead atoms. The molecule has 0 saturated carbocycles. The van der Waals surface area contributed by atoms with E-state index in [-0.39, 0.29) is 36.1 Å². The molecule has 80 heavy (non-hydrogen) atoms. The Labute approximate surface area is 450 Å². The van der Waals surface area contributed by atoms with Gasteiger partial charge in [-0.25, -0.2) is 9.59 Å². The van der Waals surface area contributed by atoms with Crippen LogP contribution in [0.2, 0.25) is 0 Å². The Hall–Kier alpha value is -8.42. The number of ether oxygens (including phenoxy) is 2. The van der Waals surface area contributed by atoms with Gasteiger partial charge in [-0.1, -0.05) is 27.7 Å². The number of carbonyl (C=O) groups is 12. The van der Waals surface area contributed by atoms with Gasteiger partial charge in [0.05, 0.1) is 47.2 Å². The second kappa shape index (κ2) is 28.5. The zero-order valence-corrected chi connectivity index (χ0v) is 43.6.